The van der Waals surface area contributed by atoms with Crippen molar-refractivity contribution < 1.29 is 57.7 Å². The number of nitrogens with two attached hydrogens (primary N) is 1. The normalized spacial score (nSPS) is 26.2. The second-order valence-electron chi connectivity index (χ2n) is 20.7. The minimum Gasteiger partial charge on any atom is -0.497 e. The Morgan fingerprint density at radius 3 is 2.10 bits per heavy atom. The standard InChI is InChI=1S/C51H83N7O12/c1-15-31(10)42-39(59)26-40(60)70-44(30(8)9)47(63)53-35(23-27(2)3)48(64)58-22-16-17-36(58)49(65)57(13)38(25-33-18-20-34(68-14)21-19-33)51(67)69-32(11)43(46(62)54-42)55-45(61)37(24-28(4)5)56(12)50(66)41(52)29(6)7/h18-21,27-32,35-39,41-44,59H,15-17,22-26,52H2,1-14H3,(H,53,63)(H,54,62)(H,55,61)/t31-,32+,35-,36-,37+,38-,39-,41?,42+,43-,44-/m0/s1. The molecule has 6 amide bonds. The molecule has 0 aliphatic carbocycles. The van der Waals surface area contributed by atoms with Gasteiger partial charge in [-0.25, -0.2) is 4.79 Å². The number of nitrogens with one attached hydrogen (secondary N) is 3. The van der Waals surface area contributed by atoms with E-state index < -0.39 is 126 Å². The molecule has 0 spiro atoms. The van der Waals surface area contributed by atoms with Gasteiger partial charge in [0.15, 0.2) is 6.10 Å². The van der Waals surface area contributed by atoms with Crippen LogP contribution in [0, 0.1) is 29.6 Å². The van der Waals surface area contributed by atoms with E-state index >= 15 is 0 Å². The number of aliphatic hydroxyl groups is 1. The van der Waals surface area contributed by atoms with Gasteiger partial charge in [0.25, 0.3) is 5.91 Å². The van der Waals surface area contributed by atoms with E-state index in [-0.39, 0.29) is 50.0 Å². The first-order valence-corrected chi connectivity index (χ1v) is 25.0. The molecule has 394 valence electrons. The van der Waals surface area contributed by atoms with Crippen molar-refractivity contribution in [2.24, 2.45) is 35.3 Å². The van der Waals surface area contributed by atoms with Crippen LogP contribution in [0.15, 0.2) is 24.3 Å². The highest BCUT2D eigenvalue weighted by Gasteiger charge is 2.44. The van der Waals surface area contributed by atoms with Gasteiger partial charge in [0.05, 0.1) is 31.7 Å². The van der Waals surface area contributed by atoms with E-state index in [0.717, 1.165) is 0 Å². The number of fused-ring (bicyclic) bond motifs is 1. The zero-order chi connectivity index (χ0) is 52.9. The van der Waals surface area contributed by atoms with Gasteiger partial charge in [-0.2, -0.15) is 0 Å². The number of rotatable bonds is 15. The lowest BCUT2D eigenvalue weighted by Crippen LogP contribution is -2.62. The number of hydrogen-bond acceptors (Lipinski definition) is 13. The van der Waals surface area contributed by atoms with E-state index in [9.17, 15) is 43.5 Å². The molecule has 0 radical (unpaired) electrons. The zero-order valence-electron chi connectivity index (χ0n) is 44.0. The summed E-state index contributed by atoms with van der Waals surface area (Å²) in [5.74, 6) is -6.80. The molecule has 1 aromatic carbocycles. The topological polar surface area (TPSA) is 256 Å². The van der Waals surface area contributed by atoms with Crippen LogP contribution in [0.4, 0.5) is 0 Å². The first-order valence-electron chi connectivity index (χ1n) is 25.0. The third kappa shape index (κ3) is 15.9. The van der Waals surface area contributed by atoms with Crippen LogP contribution in [0.25, 0.3) is 0 Å². The molecule has 0 bridgehead atoms. The number of carbonyl (C=O) groups excluding carboxylic acids is 8. The summed E-state index contributed by atoms with van der Waals surface area (Å²) in [6.45, 7) is 19.5. The van der Waals surface area contributed by atoms with Crippen molar-refractivity contribution >= 4 is 47.4 Å². The lowest BCUT2D eigenvalue weighted by atomic mass is 9.92. The van der Waals surface area contributed by atoms with Crippen molar-refractivity contribution in [3.8, 4) is 5.75 Å². The molecule has 70 heavy (non-hydrogen) atoms. The molecule has 1 aromatic rings. The second kappa shape index (κ2) is 26.8. The van der Waals surface area contributed by atoms with Crippen LogP contribution in [0.5, 0.6) is 5.75 Å². The van der Waals surface area contributed by atoms with Crippen LogP contribution in [0.1, 0.15) is 120 Å². The first-order chi connectivity index (χ1) is 32.7. The van der Waals surface area contributed by atoms with Gasteiger partial charge in [0.1, 0.15) is 42.1 Å². The zero-order valence-corrected chi connectivity index (χ0v) is 44.0. The summed E-state index contributed by atoms with van der Waals surface area (Å²) in [5, 5.41) is 20.1. The molecule has 11 atom stereocenters. The quantitative estimate of drug-likeness (QED) is 0.159. The van der Waals surface area contributed by atoms with Gasteiger partial charge in [0.2, 0.25) is 29.5 Å². The molecule has 0 aromatic heterocycles. The molecule has 1 unspecified atom stereocenters. The summed E-state index contributed by atoms with van der Waals surface area (Å²) in [6.07, 6.45) is -3.64. The average molecular weight is 986 g/mol. The number of esters is 2. The third-order valence-electron chi connectivity index (χ3n) is 13.5. The number of cyclic esters (lactones) is 2. The Kier molecular flexibility index (Phi) is 22.6. The van der Waals surface area contributed by atoms with Crippen molar-refractivity contribution in [3.05, 3.63) is 29.8 Å². The first kappa shape index (κ1) is 59.0. The largest absolute Gasteiger partial charge is 0.497 e. The maximum absolute atomic E-state index is 14.8. The maximum Gasteiger partial charge on any atom is 0.329 e. The number of ether oxygens (including phenoxy) is 3. The Hall–Kier alpha value is -5.30. The summed E-state index contributed by atoms with van der Waals surface area (Å²) in [6, 6.07) is -1.47. The average Bonchev–Trinajstić information content (AvgIpc) is 3.80. The maximum atomic E-state index is 14.8. The summed E-state index contributed by atoms with van der Waals surface area (Å²) < 4.78 is 17.2. The minimum atomic E-state index is -1.66. The molecule has 3 rings (SSSR count). The van der Waals surface area contributed by atoms with E-state index in [4.69, 9.17) is 19.9 Å². The van der Waals surface area contributed by atoms with E-state index in [1.165, 1.54) is 42.8 Å². The molecule has 19 nitrogen and oxygen atoms in total. The monoisotopic (exact) mass is 986 g/mol. The smallest absolute Gasteiger partial charge is 0.329 e. The molecular formula is C51H83N7O12. The van der Waals surface area contributed by atoms with Crippen LogP contribution >= 0.6 is 0 Å². The fraction of sp³-hybridized carbons (Fsp3) is 0.725. The van der Waals surface area contributed by atoms with Gasteiger partial charge in [-0.1, -0.05) is 87.8 Å². The summed E-state index contributed by atoms with van der Waals surface area (Å²) >= 11 is 0. The Balaban J connectivity index is 2.27. The summed E-state index contributed by atoms with van der Waals surface area (Å²) in [7, 11) is 4.40. The Morgan fingerprint density at radius 1 is 0.929 bits per heavy atom. The Bertz CT molecular complexity index is 1960. The molecule has 0 saturated carbocycles. The van der Waals surface area contributed by atoms with Gasteiger partial charge in [-0.15, -0.1) is 0 Å². The number of hydrogen-bond donors (Lipinski definition) is 5. The predicted molar refractivity (Wildman–Crippen MR) is 262 cm³/mol. The number of benzene rings is 1. The number of aliphatic hydroxyl groups excluding tert-OH is 1. The number of carbonyl (C=O) groups is 8. The molecule has 2 heterocycles. The number of nitrogens with zero attached hydrogens (tertiary/aromatic N) is 3. The highest BCUT2D eigenvalue weighted by atomic mass is 16.6. The van der Waals surface area contributed by atoms with Crippen LogP contribution in [-0.4, -0.2) is 156 Å². The minimum absolute atomic E-state index is 0.0694. The Morgan fingerprint density at radius 2 is 1.56 bits per heavy atom. The van der Waals surface area contributed by atoms with Crippen LogP contribution in [-0.2, 0) is 54.3 Å². The van der Waals surface area contributed by atoms with Crippen LogP contribution in [0.3, 0.4) is 0 Å². The molecule has 2 aliphatic rings. The van der Waals surface area contributed by atoms with Crippen LogP contribution < -0.4 is 26.4 Å². The molecule has 2 fully saturated rings. The molecule has 2 aliphatic heterocycles. The number of likely N-dealkylation sites (N-methyl/N-ethyl adjacent to an activating group) is 2. The molecule has 2 saturated heterocycles. The van der Waals surface area contributed by atoms with E-state index in [2.05, 4.69) is 16.0 Å². The Labute approximate surface area is 415 Å². The second-order valence-corrected chi connectivity index (χ2v) is 20.7. The summed E-state index contributed by atoms with van der Waals surface area (Å²) in [5.41, 5.74) is 6.87. The van der Waals surface area contributed by atoms with Crippen molar-refractivity contribution in [2.75, 3.05) is 27.7 Å². The van der Waals surface area contributed by atoms with Crippen molar-refractivity contribution in [2.45, 2.75) is 182 Å². The van der Waals surface area contributed by atoms with E-state index in [0.29, 0.717) is 24.2 Å². The number of amides is 6. The lowest BCUT2D eigenvalue weighted by Gasteiger charge is -2.36. The lowest BCUT2D eigenvalue weighted by molar-refractivity contribution is -0.162. The number of methoxy groups -OCH3 is 1. The third-order valence-corrected chi connectivity index (χ3v) is 13.5. The van der Waals surface area contributed by atoms with Gasteiger partial charge < -0.3 is 55.7 Å². The van der Waals surface area contributed by atoms with Crippen molar-refractivity contribution in [1.82, 2.24) is 30.7 Å². The summed E-state index contributed by atoms with van der Waals surface area (Å²) in [4.78, 5) is 118. The van der Waals surface area contributed by atoms with E-state index in [1.54, 1.807) is 58.9 Å². The van der Waals surface area contributed by atoms with Crippen molar-refractivity contribution in [1.29, 1.82) is 0 Å². The van der Waals surface area contributed by atoms with Gasteiger partial charge >= 0.3 is 11.9 Å². The molecule has 19 heteroatoms. The predicted octanol–water partition coefficient (Wildman–Crippen LogP) is 2.72. The van der Waals surface area contributed by atoms with Gasteiger partial charge in [-0.05, 0) is 79.9 Å². The molecular weight excluding hydrogens is 903 g/mol. The van der Waals surface area contributed by atoms with Gasteiger partial charge in [0, 0.05) is 27.1 Å². The van der Waals surface area contributed by atoms with Crippen LogP contribution in [0.2, 0.25) is 0 Å². The SMILES string of the molecule is CC[C@H](C)[C@H]1NC(=O)[C@@H](NC(=O)[C@@H](CC(C)C)N(C)C(=O)C(N)C(C)C)[C@@H](C)OC(=O)[C@H](Cc2ccc(OC)cc2)N(C)C(=O)[C@@H]2CCCN2C(=O)[C@H](CC(C)C)NC(=O)[C@H](C(C)C)OC(=O)C[C@@H]1O. The highest BCUT2D eigenvalue weighted by molar-refractivity contribution is 5.96. The van der Waals surface area contributed by atoms with E-state index in [1.807, 2.05) is 34.6 Å². The van der Waals surface area contributed by atoms with Crippen molar-refractivity contribution in [3.63, 3.8) is 0 Å². The molecule has 6 N–H and O–H groups in total. The highest BCUT2D eigenvalue weighted by Crippen LogP contribution is 2.26. The van der Waals surface area contributed by atoms with Gasteiger partial charge in [-0.3, -0.25) is 33.6 Å². The fourth-order valence-corrected chi connectivity index (χ4v) is 8.83. The fourth-order valence-electron chi connectivity index (χ4n) is 8.83.